The maximum atomic E-state index is 12.6. The summed E-state index contributed by atoms with van der Waals surface area (Å²) < 4.78 is 5.35. The summed E-state index contributed by atoms with van der Waals surface area (Å²) in [5.74, 6) is -0.712. The Balaban J connectivity index is 2.20. The van der Waals surface area contributed by atoms with Crippen molar-refractivity contribution < 1.29 is 19.4 Å². The quantitative estimate of drug-likeness (QED) is 0.588. The normalized spacial score (nSPS) is 14.4. The average molecular weight is 413 g/mol. The van der Waals surface area contributed by atoms with E-state index in [0.29, 0.717) is 12.8 Å². The van der Waals surface area contributed by atoms with Crippen LogP contribution in [0.2, 0.25) is 0 Å². The Hall–Kier alpha value is -2.86. The number of alkyl carbamates (subject to hydrolysis) is 1. The van der Waals surface area contributed by atoms with Crippen molar-refractivity contribution in [3.63, 3.8) is 0 Å². The molecule has 0 spiro atoms. The Morgan fingerprint density at radius 3 is 2.03 bits per heavy atom. The molecule has 0 aliphatic rings. The van der Waals surface area contributed by atoms with Gasteiger partial charge in [-0.25, -0.2) is 4.79 Å². The first-order valence-electron chi connectivity index (χ1n) is 10.2. The van der Waals surface area contributed by atoms with Crippen LogP contribution in [0.4, 0.5) is 4.79 Å². The zero-order valence-electron chi connectivity index (χ0n) is 17.9. The molecule has 4 N–H and O–H groups in total. The van der Waals surface area contributed by atoms with E-state index in [-0.39, 0.29) is 12.8 Å². The van der Waals surface area contributed by atoms with Crippen LogP contribution in [0.15, 0.2) is 60.7 Å². The number of amides is 2. The molecule has 0 unspecified atom stereocenters. The molecule has 2 aromatic carbocycles. The van der Waals surface area contributed by atoms with Gasteiger partial charge < -0.3 is 20.9 Å². The minimum absolute atomic E-state index is 0.0106. The van der Waals surface area contributed by atoms with Crippen LogP contribution in [-0.2, 0) is 22.4 Å². The second-order valence-corrected chi connectivity index (χ2v) is 8.62. The first kappa shape index (κ1) is 23.4. The number of primary amides is 1. The van der Waals surface area contributed by atoms with Gasteiger partial charge in [-0.3, -0.25) is 4.79 Å². The van der Waals surface area contributed by atoms with Gasteiger partial charge in [0.2, 0.25) is 5.91 Å². The molecule has 2 aromatic rings. The van der Waals surface area contributed by atoms with Gasteiger partial charge in [-0.1, -0.05) is 60.7 Å². The fraction of sp³-hybridized carbons (Fsp3) is 0.417. The van der Waals surface area contributed by atoms with Crippen LogP contribution in [0.1, 0.15) is 44.7 Å². The van der Waals surface area contributed by atoms with Gasteiger partial charge in [0.25, 0.3) is 0 Å². The van der Waals surface area contributed by atoms with Crippen LogP contribution in [0.3, 0.4) is 0 Å². The van der Waals surface area contributed by atoms with Gasteiger partial charge in [-0.05, 0) is 44.7 Å². The fourth-order valence-electron chi connectivity index (χ4n) is 3.34. The van der Waals surface area contributed by atoms with E-state index in [9.17, 15) is 14.7 Å². The van der Waals surface area contributed by atoms with Crippen LogP contribution >= 0.6 is 0 Å². The minimum atomic E-state index is -1.47. The molecule has 2 rings (SSSR count). The standard InChI is InChI=1S/C24H32N2O4/c1-23(2,3)30-22(29)26-24(21(25)28,16-19-12-8-5-9-13-19)17-20(27)15-14-18-10-6-4-7-11-18/h4-13,20,27H,14-17H2,1-3H3,(H2,25,28)(H,26,29)/t20-,24-/m0/s1. The summed E-state index contributed by atoms with van der Waals surface area (Å²) in [4.78, 5) is 25.1. The van der Waals surface area contributed by atoms with Crippen LogP contribution in [-0.4, -0.2) is 34.4 Å². The molecule has 0 saturated heterocycles. The van der Waals surface area contributed by atoms with Crippen LogP contribution < -0.4 is 11.1 Å². The molecule has 0 radical (unpaired) electrons. The number of hydrogen-bond donors (Lipinski definition) is 3. The minimum Gasteiger partial charge on any atom is -0.444 e. The predicted molar refractivity (Wildman–Crippen MR) is 117 cm³/mol. The van der Waals surface area contributed by atoms with Crippen LogP contribution in [0.5, 0.6) is 0 Å². The predicted octanol–water partition coefficient (Wildman–Crippen LogP) is 3.36. The summed E-state index contributed by atoms with van der Waals surface area (Å²) in [6, 6.07) is 19.0. The number of hydrogen-bond acceptors (Lipinski definition) is 4. The van der Waals surface area contributed by atoms with Crippen molar-refractivity contribution in [1.29, 1.82) is 0 Å². The monoisotopic (exact) mass is 412 g/mol. The van der Waals surface area contributed by atoms with Crippen molar-refractivity contribution in [2.75, 3.05) is 0 Å². The van der Waals surface area contributed by atoms with Crippen molar-refractivity contribution in [2.24, 2.45) is 5.73 Å². The number of nitrogens with one attached hydrogen (secondary N) is 1. The van der Waals surface area contributed by atoms with E-state index in [1.54, 1.807) is 20.8 Å². The fourth-order valence-corrected chi connectivity index (χ4v) is 3.34. The molecule has 0 aliphatic carbocycles. The van der Waals surface area contributed by atoms with Gasteiger partial charge in [0.15, 0.2) is 0 Å². The molecule has 6 heteroatoms. The molecule has 162 valence electrons. The van der Waals surface area contributed by atoms with Crippen molar-refractivity contribution in [2.45, 2.75) is 63.7 Å². The molecule has 0 aromatic heterocycles. The maximum absolute atomic E-state index is 12.6. The van der Waals surface area contributed by atoms with E-state index < -0.39 is 29.2 Å². The zero-order chi connectivity index (χ0) is 22.2. The van der Waals surface area contributed by atoms with Crippen molar-refractivity contribution in [1.82, 2.24) is 5.32 Å². The number of aryl methyl sites for hydroxylation is 1. The van der Waals surface area contributed by atoms with E-state index in [2.05, 4.69) is 5.32 Å². The summed E-state index contributed by atoms with van der Waals surface area (Å²) in [6.07, 6.45) is -0.351. The number of carbonyl (C=O) groups is 2. The number of ether oxygens (including phenoxy) is 1. The van der Waals surface area contributed by atoms with Crippen LogP contribution in [0.25, 0.3) is 0 Å². The first-order chi connectivity index (χ1) is 14.1. The van der Waals surface area contributed by atoms with Gasteiger partial charge in [-0.2, -0.15) is 0 Å². The number of benzene rings is 2. The molecule has 0 saturated carbocycles. The van der Waals surface area contributed by atoms with Crippen LogP contribution in [0, 0.1) is 0 Å². The first-order valence-corrected chi connectivity index (χ1v) is 10.2. The molecule has 0 aliphatic heterocycles. The second-order valence-electron chi connectivity index (χ2n) is 8.62. The van der Waals surface area contributed by atoms with Crippen molar-refractivity contribution in [3.05, 3.63) is 71.8 Å². The lowest BCUT2D eigenvalue weighted by molar-refractivity contribution is -0.126. The third-order valence-corrected chi connectivity index (χ3v) is 4.75. The van der Waals surface area contributed by atoms with E-state index in [1.807, 2.05) is 60.7 Å². The smallest absolute Gasteiger partial charge is 0.408 e. The Morgan fingerprint density at radius 1 is 1.00 bits per heavy atom. The van der Waals surface area contributed by atoms with Crippen molar-refractivity contribution in [3.8, 4) is 0 Å². The lowest BCUT2D eigenvalue weighted by atomic mass is 9.83. The topological polar surface area (TPSA) is 102 Å². The maximum Gasteiger partial charge on any atom is 0.408 e. The highest BCUT2D eigenvalue weighted by atomic mass is 16.6. The number of nitrogens with two attached hydrogens (primary N) is 1. The zero-order valence-corrected chi connectivity index (χ0v) is 17.9. The Morgan fingerprint density at radius 2 is 1.53 bits per heavy atom. The van der Waals surface area contributed by atoms with E-state index in [1.165, 1.54) is 0 Å². The molecule has 6 nitrogen and oxygen atoms in total. The van der Waals surface area contributed by atoms with Gasteiger partial charge in [0.05, 0.1) is 6.10 Å². The lowest BCUT2D eigenvalue weighted by Gasteiger charge is -2.34. The summed E-state index contributed by atoms with van der Waals surface area (Å²) in [7, 11) is 0. The SMILES string of the molecule is CC(C)(C)OC(=O)N[C@@](Cc1ccccc1)(C[C@@H](O)CCc1ccccc1)C(N)=O. The van der Waals surface area contributed by atoms with Gasteiger partial charge in [0.1, 0.15) is 11.1 Å². The number of aliphatic hydroxyl groups is 1. The molecule has 2 atom stereocenters. The third-order valence-electron chi connectivity index (χ3n) is 4.75. The van der Waals surface area contributed by atoms with Crippen molar-refractivity contribution >= 4 is 12.0 Å². The highest BCUT2D eigenvalue weighted by Gasteiger charge is 2.41. The largest absolute Gasteiger partial charge is 0.444 e. The molecule has 0 heterocycles. The van der Waals surface area contributed by atoms with Gasteiger partial charge in [0, 0.05) is 12.8 Å². The number of rotatable bonds is 9. The van der Waals surface area contributed by atoms with E-state index in [4.69, 9.17) is 10.5 Å². The molecular formula is C24H32N2O4. The van der Waals surface area contributed by atoms with Gasteiger partial charge >= 0.3 is 6.09 Å². The highest BCUT2D eigenvalue weighted by Crippen LogP contribution is 2.23. The van der Waals surface area contributed by atoms with Gasteiger partial charge in [-0.15, -0.1) is 0 Å². The summed E-state index contributed by atoms with van der Waals surface area (Å²) >= 11 is 0. The molecule has 2 amide bonds. The third kappa shape index (κ3) is 7.52. The van der Waals surface area contributed by atoms with E-state index in [0.717, 1.165) is 11.1 Å². The summed E-state index contributed by atoms with van der Waals surface area (Å²) in [6.45, 7) is 5.22. The highest BCUT2D eigenvalue weighted by molar-refractivity contribution is 5.89. The Kier molecular flexibility index (Phi) is 8.00. The molecule has 30 heavy (non-hydrogen) atoms. The lowest BCUT2D eigenvalue weighted by Crippen LogP contribution is -2.61. The number of aliphatic hydroxyl groups excluding tert-OH is 1. The molecular weight excluding hydrogens is 380 g/mol. The average Bonchev–Trinajstić information content (AvgIpc) is 2.66. The number of carbonyl (C=O) groups excluding carboxylic acids is 2. The Bertz CT molecular complexity index is 818. The Labute approximate surface area is 178 Å². The summed E-state index contributed by atoms with van der Waals surface area (Å²) in [5.41, 5.74) is 5.47. The van der Waals surface area contributed by atoms with E-state index >= 15 is 0 Å². The second kappa shape index (κ2) is 10.3. The molecule has 0 fully saturated rings. The summed E-state index contributed by atoms with van der Waals surface area (Å²) in [5, 5.41) is 13.4. The molecule has 0 bridgehead atoms.